The number of halogens is 1. The lowest BCUT2D eigenvalue weighted by molar-refractivity contribution is 0.627. The first-order valence-electron chi connectivity index (χ1n) is 7.67. The highest BCUT2D eigenvalue weighted by atomic mass is 19.1. The molecule has 122 valence electrons. The van der Waals surface area contributed by atoms with E-state index >= 15 is 0 Å². The molecular formula is C18H13FN6. The second-order valence-corrected chi connectivity index (χ2v) is 5.35. The predicted octanol–water partition coefficient (Wildman–Crippen LogP) is 4.24. The van der Waals surface area contributed by atoms with Gasteiger partial charge in [0.05, 0.1) is 23.8 Å². The summed E-state index contributed by atoms with van der Waals surface area (Å²) in [7, 11) is 0. The normalized spacial score (nSPS) is 11.4. The monoisotopic (exact) mass is 332 g/mol. The van der Waals surface area contributed by atoms with Gasteiger partial charge >= 0.3 is 0 Å². The van der Waals surface area contributed by atoms with E-state index in [9.17, 15) is 4.39 Å². The summed E-state index contributed by atoms with van der Waals surface area (Å²) in [6.45, 7) is 0.346. The van der Waals surface area contributed by atoms with Crippen LogP contribution in [0.15, 0.2) is 77.3 Å². The highest BCUT2D eigenvalue weighted by Gasteiger charge is 2.10. The number of fused-ring (bicyclic) bond motifs is 1. The second-order valence-electron chi connectivity index (χ2n) is 5.35. The predicted molar refractivity (Wildman–Crippen MR) is 91.3 cm³/mol. The van der Waals surface area contributed by atoms with Crippen LogP contribution in [-0.2, 0) is 6.54 Å². The van der Waals surface area contributed by atoms with Crippen LogP contribution >= 0.6 is 0 Å². The first-order chi connectivity index (χ1) is 12.3. The highest BCUT2D eigenvalue weighted by Crippen LogP contribution is 2.24. The smallest absolute Gasteiger partial charge is 0.188 e. The van der Waals surface area contributed by atoms with Gasteiger partial charge in [-0.05, 0) is 29.8 Å². The van der Waals surface area contributed by atoms with Crippen LogP contribution in [0.25, 0.3) is 16.7 Å². The Labute approximate surface area is 142 Å². The van der Waals surface area contributed by atoms with Gasteiger partial charge in [-0.3, -0.25) is 0 Å². The third kappa shape index (κ3) is 3.12. The minimum absolute atomic E-state index is 0.272. The van der Waals surface area contributed by atoms with Crippen molar-refractivity contribution >= 4 is 16.9 Å². The van der Waals surface area contributed by atoms with Gasteiger partial charge in [-0.1, -0.05) is 30.3 Å². The molecule has 0 saturated heterocycles. The lowest BCUT2D eigenvalue weighted by atomic mass is 10.2. The Kier molecular flexibility index (Phi) is 3.96. The maximum Gasteiger partial charge on any atom is 0.188 e. The molecule has 0 aliphatic rings. The van der Waals surface area contributed by atoms with Crippen molar-refractivity contribution < 1.29 is 4.39 Å². The van der Waals surface area contributed by atoms with Crippen LogP contribution in [0.3, 0.4) is 0 Å². The number of para-hydroxylation sites is 1. The Hall–Kier alpha value is -3.48. The first-order valence-corrected chi connectivity index (χ1v) is 7.67. The first kappa shape index (κ1) is 15.1. The summed E-state index contributed by atoms with van der Waals surface area (Å²) in [6, 6.07) is 15.9. The zero-order valence-corrected chi connectivity index (χ0v) is 13.1. The molecule has 0 spiro atoms. The lowest BCUT2D eigenvalue weighted by Crippen LogP contribution is -1.96. The molecule has 4 rings (SSSR count). The van der Waals surface area contributed by atoms with E-state index in [-0.39, 0.29) is 5.82 Å². The van der Waals surface area contributed by atoms with Gasteiger partial charge in [-0.2, -0.15) is 10.2 Å². The van der Waals surface area contributed by atoms with E-state index < -0.39 is 0 Å². The molecule has 0 unspecified atom stereocenters. The quantitative estimate of drug-likeness (QED) is 0.525. The number of aromatic nitrogens is 4. The van der Waals surface area contributed by atoms with Gasteiger partial charge in [0, 0.05) is 0 Å². The Morgan fingerprint density at radius 2 is 1.76 bits per heavy atom. The summed E-state index contributed by atoms with van der Waals surface area (Å²) in [4.78, 5) is 8.47. The average molecular weight is 332 g/mol. The molecule has 6 nitrogen and oxygen atoms in total. The zero-order valence-electron chi connectivity index (χ0n) is 13.1. The summed E-state index contributed by atoms with van der Waals surface area (Å²) >= 11 is 0. The summed E-state index contributed by atoms with van der Waals surface area (Å²) in [5, 5.41) is 13.4. The molecule has 25 heavy (non-hydrogen) atoms. The van der Waals surface area contributed by atoms with Crippen LogP contribution in [-0.4, -0.2) is 19.7 Å². The summed E-state index contributed by atoms with van der Waals surface area (Å²) < 4.78 is 14.6. The molecule has 2 aromatic heterocycles. The van der Waals surface area contributed by atoms with Crippen molar-refractivity contribution in [2.45, 2.75) is 6.54 Å². The number of nitrogens with zero attached hydrogens (tertiary/aromatic N) is 6. The molecule has 0 saturated carbocycles. The maximum atomic E-state index is 12.9. The second kappa shape index (κ2) is 6.56. The summed E-state index contributed by atoms with van der Waals surface area (Å²) in [5.74, 6) is 0.181. The Balaban J connectivity index is 1.63. The molecule has 0 radical (unpaired) electrons. The van der Waals surface area contributed by atoms with Crippen molar-refractivity contribution in [2.24, 2.45) is 10.2 Å². The number of hydrogen-bond donors (Lipinski definition) is 0. The van der Waals surface area contributed by atoms with Gasteiger partial charge in [0.2, 0.25) is 0 Å². The van der Waals surface area contributed by atoms with Crippen LogP contribution in [0.5, 0.6) is 0 Å². The van der Waals surface area contributed by atoms with Gasteiger partial charge in [0.1, 0.15) is 12.1 Å². The van der Waals surface area contributed by atoms with E-state index in [0.29, 0.717) is 23.4 Å². The van der Waals surface area contributed by atoms with Gasteiger partial charge in [0.25, 0.3) is 0 Å². The van der Waals surface area contributed by atoms with Crippen molar-refractivity contribution in [1.29, 1.82) is 0 Å². The topological polar surface area (TPSA) is 68.3 Å². The Morgan fingerprint density at radius 1 is 0.960 bits per heavy atom. The molecule has 7 heteroatoms. The highest BCUT2D eigenvalue weighted by molar-refractivity contribution is 5.85. The Morgan fingerprint density at radius 3 is 2.56 bits per heavy atom. The molecule has 0 aliphatic heterocycles. The fourth-order valence-electron chi connectivity index (χ4n) is 2.44. The van der Waals surface area contributed by atoms with E-state index in [4.69, 9.17) is 0 Å². The lowest BCUT2D eigenvalue weighted by Gasteiger charge is -2.01. The summed E-state index contributed by atoms with van der Waals surface area (Å²) in [6.07, 6.45) is 3.12. The molecule has 0 N–H and O–H groups in total. The molecule has 0 amide bonds. The van der Waals surface area contributed by atoms with Crippen molar-refractivity contribution in [2.75, 3.05) is 0 Å². The van der Waals surface area contributed by atoms with Crippen LogP contribution in [0.1, 0.15) is 5.56 Å². The largest absolute Gasteiger partial charge is 0.216 e. The molecule has 0 bridgehead atoms. The molecular weight excluding hydrogens is 319 g/mol. The number of rotatable bonds is 4. The van der Waals surface area contributed by atoms with Crippen LogP contribution < -0.4 is 0 Å². The fraction of sp³-hybridized carbons (Fsp3) is 0.0556. The molecule has 4 aromatic rings. The van der Waals surface area contributed by atoms with Gasteiger partial charge in [0.15, 0.2) is 11.5 Å². The number of benzene rings is 2. The fourth-order valence-corrected chi connectivity index (χ4v) is 2.44. The van der Waals surface area contributed by atoms with Crippen molar-refractivity contribution in [3.05, 3.63) is 78.5 Å². The third-order valence-corrected chi connectivity index (χ3v) is 3.68. The van der Waals surface area contributed by atoms with E-state index in [0.717, 1.165) is 11.3 Å². The van der Waals surface area contributed by atoms with E-state index in [1.54, 1.807) is 23.0 Å². The molecule has 0 fully saturated rings. The van der Waals surface area contributed by atoms with E-state index in [2.05, 4.69) is 25.3 Å². The minimum atomic E-state index is -0.272. The van der Waals surface area contributed by atoms with Gasteiger partial charge in [-0.15, -0.1) is 5.11 Å². The standard InChI is InChI=1S/C18H13FN6/c19-14-8-6-13(7-9-14)10-22-24-17-16-11-23-25(18(16)21-12-20-17)15-4-2-1-3-5-15/h1-9,11-12H,10H2. The van der Waals surface area contributed by atoms with E-state index in [1.807, 2.05) is 30.3 Å². The van der Waals surface area contributed by atoms with Crippen LogP contribution in [0.2, 0.25) is 0 Å². The molecule has 2 heterocycles. The van der Waals surface area contributed by atoms with Crippen LogP contribution in [0.4, 0.5) is 10.2 Å². The summed E-state index contributed by atoms with van der Waals surface area (Å²) in [5.41, 5.74) is 2.44. The average Bonchev–Trinajstić information content (AvgIpc) is 3.09. The molecule has 0 atom stereocenters. The Bertz CT molecular complexity index is 1020. The van der Waals surface area contributed by atoms with Crippen molar-refractivity contribution in [3.63, 3.8) is 0 Å². The minimum Gasteiger partial charge on any atom is -0.216 e. The van der Waals surface area contributed by atoms with E-state index in [1.165, 1.54) is 18.5 Å². The molecule has 2 aromatic carbocycles. The van der Waals surface area contributed by atoms with Gasteiger partial charge < -0.3 is 0 Å². The van der Waals surface area contributed by atoms with Crippen LogP contribution in [0, 0.1) is 5.82 Å². The van der Waals surface area contributed by atoms with Gasteiger partial charge in [-0.25, -0.2) is 19.0 Å². The van der Waals surface area contributed by atoms with Crippen molar-refractivity contribution in [1.82, 2.24) is 19.7 Å². The zero-order chi connectivity index (χ0) is 17.1. The molecule has 0 aliphatic carbocycles. The van der Waals surface area contributed by atoms with Crippen molar-refractivity contribution in [3.8, 4) is 5.69 Å². The number of hydrogen-bond acceptors (Lipinski definition) is 5. The maximum absolute atomic E-state index is 12.9. The number of azo groups is 1. The SMILES string of the molecule is Fc1ccc(CN=Nc2ncnc3c2cnn3-c2ccccc2)cc1. The third-order valence-electron chi connectivity index (χ3n) is 3.68.